The van der Waals surface area contributed by atoms with Gasteiger partial charge in [0.2, 0.25) is 0 Å². The van der Waals surface area contributed by atoms with Gasteiger partial charge in [0.05, 0.1) is 19.8 Å². The second-order valence-corrected chi connectivity index (χ2v) is 2.97. The van der Waals surface area contributed by atoms with Crippen molar-refractivity contribution in [3.63, 3.8) is 0 Å². The van der Waals surface area contributed by atoms with Gasteiger partial charge in [-0.3, -0.25) is 0 Å². The van der Waals surface area contributed by atoms with Crippen molar-refractivity contribution in [3.05, 3.63) is 0 Å². The van der Waals surface area contributed by atoms with Crippen molar-refractivity contribution in [2.45, 2.75) is 26.4 Å². The summed E-state index contributed by atoms with van der Waals surface area (Å²) in [5.41, 5.74) is 0. The molecule has 0 spiro atoms. The second-order valence-electron chi connectivity index (χ2n) is 2.97. The van der Waals surface area contributed by atoms with Crippen molar-refractivity contribution >= 4 is 5.97 Å². The summed E-state index contributed by atoms with van der Waals surface area (Å²) < 4.78 is 15.3. The highest BCUT2D eigenvalue weighted by atomic mass is 16.6. The molecule has 15 heavy (non-hydrogen) atoms. The second kappa shape index (κ2) is 9.89. The predicted molar refractivity (Wildman–Crippen MR) is 55.0 cm³/mol. The predicted octanol–water partition coefficient (Wildman–Crippen LogP) is 0.919. The van der Waals surface area contributed by atoms with Crippen LogP contribution in [0.5, 0.6) is 0 Å². The smallest absolute Gasteiger partial charge is 0.335 e. The van der Waals surface area contributed by atoms with E-state index in [1.165, 1.54) is 0 Å². The summed E-state index contributed by atoms with van der Waals surface area (Å²) in [6.45, 7) is 5.81. The van der Waals surface area contributed by atoms with E-state index in [0.717, 1.165) is 6.42 Å². The molecule has 0 aliphatic carbocycles. The lowest BCUT2D eigenvalue weighted by Gasteiger charge is -2.12. The van der Waals surface area contributed by atoms with Crippen LogP contribution in [-0.4, -0.2) is 50.2 Å². The van der Waals surface area contributed by atoms with Gasteiger partial charge in [-0.25, -0.2) is 4.79 Å². The zero-order valence-electron chi connectivity index (χ0n) is 9.40. The first-order valence-corrected chi connectivity index (χ1v) is 5.22. The van der Waals surface area contributed by atoms with Gasteiger partial charge < -0.3 is 19.3 Å². The largest absolute Gasteiger partial charge is 0.479 e. The molecule has 0 aliphatic heterocycles. The van der Waals surface area contributed by atoms with Crippen molar-refractivity contribution in [3.8, 4) is 0 Å². The molecule has 0 saturated heterocycles. The lowest BCUT2D eigenvalue weighted by Crippen LogP contribution is -2.29. The summed E-state index contributed by atoms with van der Waals surface area (Å²) in [6, 6.07) is 0. The van der Waals surface area contributed by atoms with E-state index in [2.05, 4.69) is 0 Å². The van der Waals surface area contributed by atoms with Crippen LogP contribution in [0.25, 0.3) is 0 Å². The molecule has 0 bridgehead atoms. The number of carbonyl (C=O) groups is 1. The third kappa shape index (κ3) is 8.35. The molecule has 0 aromatic carbocycles. The van der Waals surface area contributed by atoms with Crippen molar-refractivity contribution in [2.24, 2.45) is 0 Å². The maximum atomic E-state index is 10.6. The monoisotopic (exact) mass is 220 g/mol. The van der Waals surface area contributed by atoms with Crippen LogP contribution in [0.1, 0.15) is 20.3 Å². The fraction of sp³-hybridized carbons (Fsp3) is 0.900. The molecule has 0 radical (unpaired) electrons. The Morgan fingerprint density at radius 1 is 1.20 bits per heavy atom. The molecule has 0 fully saturated rings. The fourth-order valence-electron chi connectivity index (χ4n) is 0.946. The summed E-state index contributed by atoms with van der Waals surface area (Å²) >= 11 is 0. The Morgan fingerprint density at radius 2 is 1.87 bits per heavy atom. The highest BCUT2D eigenvalue weighted by Gasteiger charge is 2.16. The number of hydrogen-bond donors (Lipinski definition) is 1. The van der Waals surface area contributed by atoms with Gasteiger partial charge in [0.25, 0.3) is 0 Å². The molecule has 0 aliphatic rings. The number of ether oxygens (including phenoxy) is 3. The number of hydrogen-bond acceptors (Lipinski definition) is 4. The summed E-state index contributed by atoms with van der Waals surface area (Å²) in [7, 11) is 0. The maximum Gasteiger partial charge on any atom is 0.335 e. The number of carboxylic acids is 1. The molecular weight excluding hydrogens is 200 g/mol. The molecule has 0 aromatic rings. The van der Waals surface area contributed by atoms with Crippen molar-refractivity contribution in [1.82, 2.24) is 0 Å². The average molecular weight is 220 g/mol. The van der Waals surface area contributed by atoms with Gasteiger partial charge in [0.1, 0.15) is 0 Å². The molecule has 1 atom stereocenters. The van der Waals surface area contributed by atoms with Crippen LogP contribution >= 0.6 is 0 Å². The van der Waals surface area contributed by atoms with E-state index in [0.29, 0.717) is 26.4 Å². The summed E-state index contributed by atoms with van der Waals surface area (Å²) in [5.74, 6) is -0.994. The standard InChI is InChI=1S/C10H20O5/c1-3-5-13-6-7-14-8-9(10(11)12)15-4-2/h9H,3-8H2,1-2H3,(H,11,12). The van der Waals surface area contributed by atoms with Crippen LogP contribution in [0.2, 0.25) is 0 Å². The molecule has 0 saturated carbocycles. The molecular formula is C10H20O5. The lowest BCUT2D eigenvalue weighted by atomic mass is 10.4. The molecule has 5 nitrogen and oxygen atoms in total. The minimum absolute atomic E-state index is 0.0681. The summed E-state index contributed by atoms with van der Waals surface area (Å²) in [5, 5.41) is 8.71. The minimum atomic E-state index is -0.994. The van der Waals surface area contributed by atoms with Crippen LogP contribution in [0.15, 0.2) is 0 Å². The SMILES string of the molecule is CCCOCCOCC(OCC)C(=O)O. The minimum Gasteiger partial charge on any atom is -0.479 e. The third-order valence-electron chi connectivity index (χ3n) is 1.63. The molecule has 0 amide bonds. The van der Waals surface area contributed by atoms with Crippen LogP contribution in [-0.2, 0) is 19.0 Å². The van der Waals surface area contributed by atoms with E-state index in [1.54, 1.807) is 6.92 Å². The van der Waals surface area contributed by atoms with Gasteiger partial charge in [0.15, 0.2) is 6.10 Å². The maximum absolute atomic E-state index is 10.6. The first-order valence-electron chi connectivity index (χ1n) is 5.22. The van der Waals surface area contributed by atoms with Gasteiger partial charge in [-0.1, -0.05) is 6.92 Å². The van der Waals surface area contributed by atoms with Crippen LogP contribution in [0.4, 0.5) is 0 Å². The highest BCUT2D eigenvalue weighted by molar-refractivity contribution is 5.72. The quantitative estimate of drug-likeness (QED) is 0.554. The van der Waals surface area contributed by atoms with E-state index < -0.39 is 12.1 Å². The van der Waals surface area contributed by atoms with Crippen LogP contribution in [0.3, 0.4) is 0 Å². The van der Waals surface area contributed by atoms with Gasteiger partial charge >= 0.3 is 5.97 Å². The summed E-state index contributed by atoms with van der Waals surface area (Å²) in [6.07, 6.45) is 0.0950. The summed E-state index contributed by atoms with van der Waals surface area (Å²) in [4.78, 5) is 10.6. The van der Waals surface area contributed by atoms with Crippen molar-refractivity contribution in [1.29, 1.82) is 0 Å². The van der Waals surface area contributed by atoms with Crippen molar-refractivity contribution in [2.75, 3.05) is 33.0 Å². The van der Waals surface area contributed by atoms with Gasteiger partial charge in [-0.15, -0.1) is 0 Å². The van der Waals surface area contributed by atoms with Crippen molar-refractivity contribution < 1.29 is 24.1 Å². The molecule has 1 N–H and O–H groups in total. The Balaban J connectivity index is 3.41. The van der Waals surface area contributed by atoms with E-state index in [4.69, 9.17) is 19.3 Å². The van der Waals surface area contributed by atoms with Crippen LogP contribution in [0, 0.1) is 0 Å². The molecule has 0 heterocycles. The average Bonchev–Trinajstić information content (AvgIpc) is 2.21. The van der Waals surface area contributed by atoms with Gasteiger partial charge in [0, 0.05) is 13.2 Å². The Bertz CT molecular complexity index is 160. The number of rotatable bonds is 10. The van der Waals surface area contributed by atoms with Crippen LogP contribution < -0.4 is 0 Å². The van der Waals surface area contributed by atoms with E-state index in [1.807, 2.05) is 6.92 Å². The van der Waals surface area contributed by atoms with Gasteiger partial charge in [-0.2, -0.15) is 0 Å². The first kappa shape index (κ1) is 14.3. The van der Waals surface area contributed by atoms with Gasteiger partial charge in [-0.05, 0) is 13.3 Å². The Kier molecular flexibility index (Phi) is 9.46. The zero-order valence-corrected chi connectivity index (χ0v) is 9.40. The number of carboxylic acid groups (broad SMARTS) is 1. The molecule has 1 unspecified atom stereocenters. The Hall–Kier alpha value is -0.650. The molecule has 0 rings (SSSR count). The topological polar surface area (TPSA) is 65.0 Å². The Morgan fingerprint density at radius 3 is 2.40 bits per heavy atom. The Labute approximate surface area is 90.3 Å². The third-order valence-corrected chi connectivity index (χ3v) is 1.63. The molecule has 90 valence electrons. The first-order chi connectivity index (χ1) is 7.22. The zero-order chi connectivity index (χ0) is 11.5. The lowest BCUT2D eigenvalue weighted by molar-refractivity contribution is -0.154. The van der Waals surface area contributed by atoms with E-state index >= 15 is 0 Å². The number of aliphatic carboxylic acids is 1. The van der Waals surface area contributed by atoms with E-state index in [9.17, 15) is 4.79 Å². The molecule has 5 heteroatoms. The fourth-order valence-corrected chi connectivity index (χ4v) is 0.946. The highest BCUT2D eigenvalue weighted by Crippen LogP contribution is 1.94. The van der Waals surface area contributed by atoms with E-state index in [-0.39, 0.29) is 6.61 Å². The molecule has 0 aromatic heterocycles. The normalized spacial score (nSPS) is 12.7.